The SMILES string of the molecule is CCCCCCCCCCCC(CCC)Oc1ccc(OC(=O)c2ccc(C(C)OC)cc2)cc1. The molecule has 194 valence electrons. The van der Waals surface area contributed by atoms with Crippen molar-refractivity contribution < 1.29 is 19.0 Å². The van der Waals surface area contributed by atoms with Crippen molar-refractivity contribution >= 4 is 5.97 Å². The van der Waals surface area contributed by atoms with Crippen LogP contribution in [-0.4, -0.2) is 19.2 Å². The predicted octanol–water partition coefficient (Wildman–Crippen LogP) is 9.08. The van der Waals surface area contributed by atoms with Gasteiger partial charge in [-0.05, 0) is 68.1 Å². The monoisotopic (exact) mass is 482 g/mol. The molecule has 0 fully saturated rings. The van der Waals surface area contributed by atoms with Gasteiger partial charge in [0.25, 0.3) is 0 Å². The van der Waals surface area contributed by atoms with E-state index in [9.17, 15) is 4.79 Å². The van der Waals surface area contributed by atoms with Crippen LogP contribution < -0.4 is 9.47 Å². The summed E-state index contributed by atoms with van der Waals surface area (Å²) in [5, 5.41) is 0. The molecule has 0 saturated carbocycles. The van der Waals surface area contributed by atoms with Gasteiger partial charge in [-0.2, -0.15) is 0 Å². The Kier molecular flexibility index (Phi) is 14.2. The van der Waals surface area contributed by atoms with Gasteiger partial charge in [0.15, 0.2) is 0 Å². The smallest absolute Gasteiger partial charge is 0.343 e. The number of esters is 1. The molecule has 0 aliphatic rings. The van der Waals surface area contributed by atoms with Crippen molar-refractivity contribution in [2.75, 3.05) is 7.11 Å². The molecular weight excluding hydrogens is 436 g/mol. The van der Waals surface area contributed by atoms with Crippen LogP contribution in [0.25, 0.3) is 0 Å². The maximum atomic E-state index is 12.5. The number of hydrogen-bond donors (Lipinski definition) is 0. The molecule has 4 nitrogen and oxygen atoms in total. The van der Waals surface area contributed by atoms with E-state index in [1.54, 1.807) is 31.4 Å². The van der Waals surface area contributed by atoms with Crippen LogP contribution in [0.3, 0.4) is 0 Å². The Balaban J connectivity index is 1.75. The highest BCUT2D eigenvalue weighted by Crippen LogP contribution is 2.23. The van der Waals surface area contributed by atoms with Crippen molar-refractivity contribution in [3.05, 3.63) is 59.7 Å². The molecule has 0 heterocycles. The van der Waals surface area contributed by atoms with Gasteiger partial charge >= 0.3 is 5.97 Å². The van der Waals surface area contributed by atoms with Crippen LogP contribution in [0.1, 0.15) is 120 Å². The molecule has 0 aromatic heterocycles. The highest BCUT2D eigenvalue weighted by molar-refractivity contribution is 5.91. The molecule has 0 aliphatic heterocycles. The summed E-state index contributed by atoms with van der Waals surface area (Å²) in [6.45, 7) is 6.44. The van der Waals surface area contributed by atoms with Gasteiger partial charge in [-0.15, -0.1) is 0 Å². The van der Waals surface area contributed by atoms with Gasteiger partial charge in [0, 0.05) is 7.11 Å². The van der Waals surface area contributed by atoms with Gasteiger partial charge in [-0.25, -0.2) is 4.79 Å². The maximum Gasteiger partial charge on any atom is 0.343 e. The van der Waals surface area contributed by atoms with Crippen LogP contribution in [0.15, 0.2) is 48.5 Å². The zero-order valence-electron chi connectivity index (χ0n) is 22.4. The molecule has 0 aliphatic carbocycles. The predicted molar refractivity (Wildman–Crippen MR) is 144 cm³/mol. The Morgan fingerprint density at radius 3 is 1.86 bits per heavy atom. The number of ether oxygens (including phenoxy) is 3. The van der Waals surface area contributed by atoms with Crippen LogP contribution in [0.2, 0.25) is 0 Å². The highest BCUT2D eigenvalue weighted by atomic mass is 16.5. The summed E-state index contributed by atoms with van der Waals surface area (Å²) >= 11 is 0. The number of hydrogen-bond acceptors (Lipinski definition) is 4. The topological polar surface area (TPSA) is 44.8 Å². The summed E-state index contributed by atoms with van der Waals surface area (Å²) in [5.41, 5.74) is 1.54. The van der Waals surface area contributed by atoms with E-state index < -0.39 is 0 Å². The standard InChI is InChI=1S/C31H46O4/c1-5-7-8-9-10-11-12-13-14-16-28(15-6-2)34-29-21-23-30(24-22-29)35-31(32)27-19-17-26(18-20-27)25(3)33-4/h17-25,28H,5-16H2,1-4H3. The van der Waals surface area contributed by atoms with Crippen molar-refractivity contribution in [1.82, 2.24) is 0 Å². The third-order valence-corrected chi connectivity index (χ3v) is 6.55. The van der Waals surface area contributed by atoms with Crippen LogP contribution in [0.5, 0.6) is 11.5 Å². The number of carbonyl (C=O) groups excluding carboxylic acids is 1. The zero-order chi connectivity index (χ0) is 25.3. The molecule has 0 spiro atoms. The first-order chi connectivity index (χ1) is 17.1. The van der Waals surface area contributed by atoms with Crippen molar-refractivity contribution in [3.8, 4) is 11.5 Å². The Morgan fingerprint density at radius 2 is 1.29 bits per heavy atom. The largest absolute Gasteiger partial charge is 0.490 e. The van der Waals surface area contributed by atoms with E-state index in [2.05, 4.69) is 13.8 Å². The van der Waals surface area contributed by atoms with E-state index in [0.29, 0.717) is 11.3 Å². The van der Waals surface area contributed by atoms with Gasteiger partial charge in [-0.3, -0.25) is 0 Å². The van der Waals surface area contributed by atoms with Crippen LogP contribution >= 0.6 is 0 Å². The number of benzene rings is 2. The van der Waals surface area contributed by atoms with E-state index in [1.165, 1.54) is 57.8 Å². The normalized spacial score (nSPS) is 12.8. The van der Waals surface area contributed by atoms with Gasteiger partial charge in [0.05, 0.1) is 17.8 Å². The molecule has 0 radical (unpaired) electrons. The lowest BCUT2D eigenvalue weighted by atomic mass is 10.0. The molecule has 2 unspecified atom stereocenters. The van der Waals surface area contributed by atoms with Crippen LogP contribution in [-0.2, 0) is 4.74 Å². The average molecular weight is 483 g/mol. The maximum absolute atomic E-state index is 12.5. The summed E-state index contributed by atoms with van der Waals surface area (Å²) in [6, 6.07) is 14.7. The lowest BCUT2D eigenvalue weighted by Gasteiger charge is -2.19. The van der Waals surface area contributed by atoms with Crippen LogP contribution in [0.4, 0.5) is 0 Å². The zero-order valence-corrected chi connectivity index (χ0v) is 22.4. The van der Waals surface area contributed by atoms with E-state index in [0.717, 1.165) is 30.6 Å². The Bertz CT molecular complexity index is 813. The van der Waals surface area contributed by atoms with Gasteiger partial charge in [0.2, 0.25) is 0 Å². The minimum absolute atomic E-state index is 0.00975. The fourth-order valence-electron chi connectivity index (χ4n) is 4.24. The second-order valence-corrected chi connectivity index (χ2v) is 9.51. The summed E-state index contributed by atoms with van der Waals surface area (Å²) in [5.74, 6) is 0.976. The molecule has 4 heteroatoms. The summed E-state index contributed by atoms with van der Waals surface area (Å²) in [7, 11) is 1.67. The van der Waals surface area contributed by atoms with Gasteiger partial charge in [-0.1, -0.05) is 83.8 Å². The molecule has 2 aromatic carbocycles. The third-order valence-electron chi connectivity index (χ3n) is 6.55. The summed E-state index contributed by atoms with van der Waals surface area (Å²) in [6.07, 6.45) is 15.6. The Hall–Kier alpha value is -2.33. The van der Waals surface area contributed by atoms with E-state index in [1.807, 2.05) is 31.2 Å². The lowest BCUT2D eigenvalue weighted by Crippen LogP contribution is -2.16. The summed E-state index contributed by atoms with van der Waals surface area (Å²) in [4.78, 5) is 12.5. The first kappa shape index (κ1) is 28.9. The van der Waals surface area contributed by atoms with Gasteiger partial charge < -0.3 is 14.2 Å². The molecule has 0 saturated heterocycles. The second-order valence-electron chi connectivity index (χ2n) is 9.51. The number of unbranched alkanes of at least 4 members (excludes halogenated alkanes) is 8. The van der Waals surface area contributed by atoms with E-state index in [-0.39, 0.29) is 18.2 Å². The highest BCUT2D eigenvalue weighted by Gasteiger charge is 2.12. The first-order valence-corrected chi connectivity index (χ1v) is 13.7. The molecular formula is C31H46O4. The fraction of sp³-hybridized carbons (Fsp3) is 0.581. The molecule has 0 N–H and O–H groups in total. The van der Waals surface area contributed by atoms with E-state index in [4.69, 9.17) is 14.2 Å². The Morgan fingerprint density at radius 1 is 0.714 bits per heavy atom. The molecule has 2 rings (SSSR count). The molecule has 35 heavy (non-hydrogen) atoms. The number of carbonyl (C=O) groups is 1. The first-order valence-electron chi connectivity index (χ1n) is 13.7. The van der Waals surface area contributed by atoms with Crippen molar-refractivity contribution in [2.24, 2.45) is 0 Å². The third kappa shape index (κ3) is 11.3. The average Bonchev–Trinajstić information content (AvgIpc) is 2.88. The Labute approximate surface area is 213 Å². The molecule has 0 amide bonds. The second kappa shape index (κ2) is 17.2. The number of methoxy groups -OCH3 is 1. The fourth-order valence-corrected chi connectivity index (χ4v) is 4.24. The molecule has 2 aromatic rings. The lowest BCUT2D eigenvalue weighted by molar-refractivity contribution is 0.0734. The van der Waals surface area contributed by atoms with Gasteiger partial charge in [0.1, 0.15) is 11.5 Å². The molecule has 0 bridgehead atoms. The van der Waals surface area contributed by atoms with Crippen molar-refractivity contribution in [1.29, 1.82) is 0 Å². The molecule has 2 atom stereocenters. The minimum Gasteiger partial charge on any atom is -0.490 e. The van der Waals surface area contributed by atoms with Crippen molar-refractivity contribution in [2.45, 2.75) is 110 Å². The van der Waals surface area contributed by atoms with Crippen LogP contribution in [0, 0.1) is 0 Å². The quantitative estimate of drug-likeness (QED) is 0.121. The minimum atomic E-state index is -0.371. The number of rotatable bonds is 18. The summed E-state index contributed by atoms with van der Waals surface area (Å²) < 4.78 is 17.1. The van der Waals surface area contributed by atoms with Crippen molar-refractivity contribution in [3.63, 3.8) is 0 Å². The van der Waals surface area contributed by atoms with E-state index >= 15 is 0 Å².